The van der Waals surface area contributed by atoms with Crippen LogP contribution in [0.25, 0.3) is 0 Å². The topological polar surface area (TPSA) is 3.24 Å². The highest BCUT2D eigenvalue weighted by molar-refractivity contribution is 5.18. The summed E-state index contributed by atoms with van der Waals surface area (Å²) in [7, 11) is 2.27. The van der Waals surface area contributed by atoms with Gasteiger partial charge in [0.25, 0.3) is 0 Å². The van der Waals surface area contributed by atoms with Crippen molar-refractivity contribution in [2.75, 3.05) is 13.6 Å². The van der Waals surface area contributed by atoms with Crippen LogP contribution in [0.2, 0.25) is 0 Å². The van der Waals surface area contributed by atoms with Crippen molar-refractivity contribution in [3.63, 3.8) is 0 Å². The van der Waals surface area contributed by atoms with Gasteiger partial charge in [0.15, 0.2) is 0 Å². The molecule has 0 amide bonds. The molecule has 1 aromatic rings. The van der Waals surface area contributed by atoms with Gasteiger partial charge in [-0.1, -0.05) is 49.6 Å². The first-order valence-corrected chi connectivity index (χ1v) is 6.13. The Morgan fingerprint density at radius 2 is 1.73 bits per heavy atom. The second-order valence-corrected chi connectivity index (χ2v) is 4.61. The van der Waals surface area contributed by atoms with Crippen molar-refractivity contribution >= 4 is 0 Å². The molecular weight excluding hydrogens is 182 g/mol. The summed E-state index contributed by atoms with van der Waals surface area (Å²) in [6.07, 6.45) is 6.88. The van der Waals surface area contributed by atoms with Crippen LogP contribution in [0.15, 0.2) is 30.3 Å². The van der Waals surface area contributed by atoms with E-state index in [1.54, 1.807) is 0 Å². The third kappa shape index (κ3) is 2.82. The van der Waals surface area contributed by atoms with Crippen molar-refractivity contribution in [2.24, 2.45) is 0 Å². The quantitative estimate of drug-likeness (QED) is 0.673. The Morgan fingerprint density at radius 1 is 1.00 bits per heavy atom. The van der Waals surface area contributed by atoms with Crippen LogP contribution in [0, 0.1) is 0 Å². The molecule has 1 fully saturated rings. The molecular formula is C14H21N. The second kappa shape index (κ2) is 5.32. The molecule has 0 N–H and O–H groups in total. The van der Waals surface area contributed by atoms with Crippen molar-refractivity contribution in [1.82, 2.24) is 4.90 Å². The zero-order valence-electron chi connectivity index (χ0n) is 9.65. The summed E-state index contributed by atoms with van der Waals surface area (Å²) in [5, 5.41) is 0. The van der Waals surface area contributed by atoms with Crippen molar-refractivity contribution < 1.29 is 0 Å². The van der Waals surface area contributed by atoms with E-state index in [1.807, 2.05) is 0 Å². The molecule has 15 heavy (non-hydrogen) atoms. The summed E-state index contributed by atoms with van der Waals surface area (Å²) in [6, 6.07) is 11.6. The second-order valence-electron chi connectivity index (χ2n) is 4.61. The van der Waals surface area contributed by atoms with Gasteiger partial charge in [-0.05, 0) is 32.0 Å². The zero-order valence-corrected chi connectivity index (χ0v) is 9.65. The van der Waals surface area contributed by atoms with E-state index >= 15 is 0 Å². The molecule has 0 spiro atoms. The number of likely N-dealkylation sites (tertiary alicyclic amines) is 1. The maximum Gasteiger partial charge on any atom is 0.0345 e. The van der Waals surface area contributed by atoms with E-state index in [0.29, 0.717) is 6.04 Å². The lowest BCUT2D eigenvalue weighted by Crippen LogP contribution is -2.27. The summed E-state index contributed by atoms with van der Waals surface area (Å²) < 4.78 is 0. The maximum absolute atomic E-state index is 2.52. The molecule has 1 nitrogen and oxygen atoms in total. The highest BCUT2D eigenvalue weighted by Crippen LogP contribution is 2.27. The Bertz CT molecular complexity index is 281. The molecule has 2 rings (SSSR count). The first-order chi connectivity index (χ1) is 7.38. The van der Waals surface area contributed by atoms with Crippen molar-refractivity contribution in [3.05, 3.63) is 35.9 Å². The molecule has 1 heteroatoms. The van der Waals surface area contributed by atoms with Crippen LogP contribution in [0.5, 0.6) is 0 Å². The van der Waals surface area contributed by atoms with Gasteiger partial charge < -0.3 is 0 Å². The molecule has 82 valence electrons. The highest BCUT2D eigenvalue weighted by atomic mass is 15.1. The average Bonchev–Trinajstić information content (AvgIpc) is 2.25. The Morgan fingerprint density at radius 3 is 2.53 bits per heavy atom. The lowest BCUT2D eigenvalue weighted by Gasteiger charge is -2.30. The third-order valence-corrected chi connectivity index (χ3v) is 3.45. The summed E-state index contributed by atoms with van der Waals surface area (Å²) in [4.78, 5) is 2.52. The Labute approximate surface area is 93.1 Å². The normalized spacial score (nSPS) is 24.5. The summed E-state index contributed by atoms with van der Waals surface area (Å²) >= 11 is 0. The molecule has 1 aliphatic heterocycles. The molecule has 1 aromatic carbocycles. The van der Waals surface area contributed by atoms with Gasteiger partial charge >= 0.3 is 0 Å². The first kappa shape index (κ1) is 10.7. The molecule has 1 heterocycles. The van der Waals surface area contributed by atoms with E-state index < -0.39 is 0 Å². The molecule has 0 aliphatic carbocycles. The van der Waals surface area contributed by atoms with Crippen molar-refractivity contribution in [2.45, 2.75) is 38.1 Å². The maximum atomic E-state index is 2.52. The predicted molar refractivity (Wildman–Crippen MR) is 64.9 cm³/mol. The van der Waals surface area contributed by atoms with Gasteiger partial charge in [-0.15, -0.1) is 0 Å². The molecule has 0 radical (unpaired) electrons. The van der Waals surface area contributed by atoms with E-state index in [2.05, 4.69) is 42.3 Å². The molecule has 1 saturated heterocycles. The van der Waals surface area contributed by atoms with Crippen molar-refractivity contribution in [1.29, 1.82) is 0 Å². The number of rotatable bonds is 1. The minimum atomic E-state index is 0.645. The first-order valence-electron chi connectivity index (χ1n) is 6.13. The molecule has 1 atom stereocenters. The van der Waals surface area contributed by atoms with Gasteiger partial charge in [0, 0.05) is 6.04 Å². The minimum absolute atomic E-state index is 0.645. The fraction of sp³-hybridized carbons (Fsp3) is 0.571. The number of hydrogen-bond donors (Lipinski definition) is 0. The Hall–Kier alpha value is -0.820. The van der Waals surface area contributed by atoms with Gasteiger partial charge in [-0.2, -0.15) is 0 Å². The number of benzene rings is 1. The third-order valence-electron chi connectivity index (χ3n) is 3.45. The predicted octanol–water partition coefficient (Wildman–Crippen LogP) is 3.62. The van der Waals surface area contributed by atoms with Gasteiger partial charge in [0.05, 0.1) is 0 Å². The van der Waals surface area contributed by atoms with E-state index in [9.17, 15) is 0 Å². The van der Waals surface area contributed by atoms with Gasteiger partial charge in [-0.3, -0.25) is 4.90 Å². The van der Waals surface area contributed by atoms with E-state index in [-0.39, 0.29) is 0 Å². The fourth-order valence-electron chi connectivity index (χ4n) is 2.53. The van der Waals surface area contributed by atoms with Crippen LogP contribution in [-0.2, 0) is 0 Å². The molecule has 1 aliphatic rings. The SMILES string of the molecule is CN1CCCCCCC1c1ccccc1. The van der Waals surface area contributed by atoms with Crippen LogP contribution in [-0.4, -0.2) is 18.5 Å². The fourth-order valence-corrected chi connectivity index (χ4v) is 2.53. The van der Waals surface area contributed by atoms with E-state index in [0.717, 1.165) is 0 Å². The van der Waals surface area contributed by atoms with Crippen LogP contribution in [0.3, 0.4) is 0 Å². The van der Waals surface area contributed by atoms with Crippen LogP contribution >= 0.6 is 0 Å². The van der Waals surface area contributed by atoms with Gasteiger partial charge in [-0.25, -0.2) is 0 Å². The lowest BCUT2D eigenvalue weighted by molar-refractivity contribution is 0.209. The average molecular weight is 203 g/mol. The van der Waals surface area contributed by atoms with E-state index in [1.165, 1.54) is 44.2 Å². The molecule has 0 aromatic heterocycles. The monoisotopic (exact) mass is 203 g/mol. The van der Waals surface area contributed by atoms with E-state index in [4.69, 9.17) is 0 Å². The smallest absolute Gasteiger partial charge is 0.0345 e. The van der Waals surface area contributed by atoms with Crippen LogP contribution < -0.4 is 0 Å². The standard InChI is InChI=1S/C14H21N/c1-15-12-8-3-2-7-11-14(15)13-9-5-4-6-10-13/h4-6,9-10,14H,2-3,7-8,11-12H2,1H3. The number of nitrogens with zero attached hydrogens (tertiary/aromatic N) is 1. The largest absolute Gasteiger partial charge is 0.299 e. The van der Waals surface area contributed by atoms with Crippen LogP contribution in [0.1, 0.15) is 43.7 Å². The number of hydrogen-bond acceptors (Lipinski definition) is 1. The van der Waals surface area contributed by atoms with Gasteiger partial charge in [0.1, 0.15) is 0 Å². The lowest BCUT2D eigenvalue weighted by atomic mass is 9.96. The zero-order chi connectivity index (χ0) is 10.5. The van der Waals surface area contributed by atoms with Crippen LogP contribution in [0.4, 0.5) is 0 Å². The van der Waals surface area contributed by atoms with Gasteiger partial charge in [0.2, 0.25) is 0 Å². The summed E-state index contributed by atoms with van der Waals surface area (Å²) in [6.45, 7) is 1.25. The summed E-state index contributed by atoms with van der Waals surface area (Å²) in [5.74, 6) is 0. The Balaban J connectivity index is 2.10. The highest BCUT2D eigenvalue weighted by Gasteiger charge is 2.17. The molecule has 0 bridgehead atoms. The molecule has 0 saturated carbocycles. The van der Waals surface area contributed by atoms with Crippen molar-refractivity contribution in [3.8, 4) is 0 Å². The minimum Gasteiger partial charge on any atom is -0.299 e. The Kier molecular flexibility index (Phi) is 3.79. The molecule has 1 unspecified atom stereocenters. The summed E-state index contributed by atoms with van der Waals surface area (Å²) in [5.41, 5.74) is 1.49.